The van der Waals surface area contributed by atoms with Crippen LogP contribution < -0.4 is 5.32 Å². The number of piperidine rings is 1. The Bertz CT molecular complexity index is 470. The van der Waals surface area contributed by atoms with Crippen LogP contribution in [0.1, 0.15) is 35.8 Å². The van der Waals surface area contributed by atoms with E-state index in [0.29, 0.717) is 17.1 Å². The predicted molar refractivity (Wildman–Crippen MR) is 81.2 cm³/mol. The molecule has 1 saturated heterocycles. The molecule has 1 fully saturated rings. The largest absolute Gasteiger partial charge is 0.351 e. The second kappa shape index (κ2) is 7.04. The fourth-order valence-electron chi connectivity index (χ4n) is 2.40. The van der Waals surface area contributed by atoms with Crippen LogP contribution in [0.4, 0.5) is 0 Å². The zero-order chi connectivity index (χ0) is 14.5. The lowest BCUT2D eigenvalue weighted by Gasteiger charge is -2.30. The van der Waals surface area contributed by atoms with Gasteiger partial charge in [0.2, 0.25) is 0 Å². The second-order valence-corrected chi connectivity index (χ2v) is 5.99. The van der Waals surface area contributed by atoms with Gasteiger partial charge in [-0.2, -0.15) is 0 Å². The van der Waals surface area contributed by atoms with Crippen molar-refractivity contribution in [3.05, 3.63) is 28.5 Å². The van der Waals surface area contributed by atoms with Gasteiger partial charge in [0.1, 0.15) is 0 Å². The molecule has 0 spiro atoms. The smallest absolute Gasteiger partial charge is 0.254 e. The van der Waals surface area contributed by atoms with E-state index in [2.05, 4.69) is 22.1 Å². The first-order valence-corrected chi connectivity index (χ1v) is 7.56. The number of pyridine rings is 1. The van der Waals surface area contributed by atoms with Crippen molar-refractivity contribution in [2.24, 2.45) is 5.92 Å². The molecule has 2 rings (SSSR count). The number of aryl methyl sites for hydroxylation is 1. The molecule has 0 aliphatic carbocycles. The molecule has 1 aliphatic rings. The normalized spacial score (nSPS) is 17.1. The summed E-state index contributed by atoms with van der Waals surface area (Å²) in [6.45, 7) is 7.96. The highest BCUT2D eigenvalue weighted by atomic mass is 35.5. The van der Waals surface area contributed by atoms with Crippen LogP contribution in [0, 0.1) is 12.8 Å². The molecular weight excluding hydrogens is 274 g/mol. The topological polar surface area (TPSA) is 45.2 Å². The van der Waals surface area contributed by atoms with E-state index < -0.39 is 0 Å². The van der Waals surface area contributed by atoms with E-state index in [0.717, 1.165) is 31.2 Å². The summed E-state index contributed by atoms with van der Waals surface area (Å²) >= 11 is 6.06. The third-order valence-electron chi connectivity index (χ3n) is 3.82. The van der Waals surface area contributed by atoms with Crippen LogP contribution >= 0.6 is 11.6 Å². The number of carbonyl (C=O) groups excluding carboxylic acids is 1. The summed E-state index contributed by atoms with van der Waals surface area (Å²) in [5.41, 5.74) is 1.26. The highest BCUT2D eigenvalue weighted by Crippen LogP contribution is 2.16. The summed E-state index contributed by atoms with van der Waals surface area (Å²) in [7, 11) is 0. The van der Waals surface area contributed by atoms with Crippen molar-refractivity contribution in [3.8, 4) is 0 Å². The Hall–Kier alpha value is -1.13. The average Bonchev–Trinajstić information content (AvgIpc) is 2.41. The molecule has 0 radical (unpaired) electrons. The fourth-order valence-corrected chi connectivity index (χ4v) is 2.69. The van der Waals surface area contributed by atoms with Crippen LogP contribution in [-0.2, 0) is 0 Å². The van der Waals surface area contributed by atoms with Crippen LogP contribution in [0.3, 0.4) is 0 Å². The molecule has 5 heteroatoms. The molecule has 1 amide bonds. The SMILES string of the molecule is Cc1cc(Cl)c(C(=O)NCCN2CCC(C)CC2)cn1. The second-order valence-electron chi connectivity index (χ2n) is 5.59. The molecule has 0 saturated carbocycles. The summed E-state index contributed by atoms with van der Waals surface area (Å²) in [5, 5.41) is 3.37. The number of nitrogens with one attached hydrogen (secondary N) is 1. The molecule has 4 nitrogen and oxygen atoms in total. The van der Waals surface area contributed by atoms with E-state index in [-0.39, 0.29) is 5.91 Å². The number of nitrogens with zero attached hydrogens (tertiary/aromatic N) is 2. The average molecular weight is 296 g/mol. The van der Waals surface area contributed by atoms with Crippen molar-refractivity contribution in [2.75, 3.05) is 26.2 Å². The lowest BCUT2D eigenvalue weighted by atomic mass is 9.99. The Morgan fingerprint density at radius 2 is 2.20 bits per heavy atom. The minimum absolute atomic E-state index is 0.145. The third kappa shape index (κ3) is 4.18. The number of carbonyl (C=O) groups is 1. The summed E-state index contributed by atoms with van der Waals surface area (Å²) in [5.74, 6) is 0.686. The zero-order valence-corrected chi connectivity index (χ0v) is 12.9. The third-order valence-corrected chi connectivity index (χ3v) is 4.14. The lowest BCUT2D eigenvalue weighted by Crippen LogP contribution is -2.39. The van der Waals surface area contributed by atoms with Crippen LogP contribution in [0.25, 0.3) is 0 Å². The number of halogens is 1. The van der Waals surface area contributed by atoms with Gasteiger partial charge in [0.05, 0.1) is 10.6 Å². The van der Waals surface area contributed by atoms with E-state index in [1.807, 2.05) is 6.92 Å². The van der Waals surface area contributed by atoms with E-state index in [1.54, 1.807) is 6.07 Å². The monoisotopic (exact) mass is 295 g/mol. The number of rotatable bonds is 4. The molecule has 0 aromatic carbocycles. The van der Waals surface area contributed by atoms with E-state index in [9.17, 15) is 4.79 Å². The quantitative estimate of drug-likeness (QED) is 0.928. The maximum absolute atomic E-state index is 12.0. The van der Waals surface area contributed by atoms with Crippen molar-refractivity contribution in [1.29, 1.82) is 0 Å². The van der Waals surface area contributed by atoms with Gasteiger partial charge in [0, 0.05) is 25.0 Å². The minimum Gasteiger partial charge on any atom is -0.351 e. The molecule has 0 unspecified atom stereocenters. The van der Waals surface area contributed by atoms with Crippen molar-refractivity contribution in [1.82, 2.24) is 15.2 Å². The Morgan fingerprint density at radius 3 is 2.85 bits per heavy atom. The summed E-state index contributed by atoms with van der Waals surface area (Å²) in [6.07, 6.45) is 4.04. The van der Waals surface area contributed by atoms with Gasteiger partial charge in [-0.25, -0.2) is 0 Å². The molecule has 1 aromatic heterocycles. The molecule has 0 bridgehead atoms. The number of hydrogen-bond acceptors (Lipinski definition) is 3. The van der Waals surface area contributed by atoms with Crippen molar-refractivity contribution in [3.63, 3.8) is 0 Å². The molecule has 2 heterocycles. The highest BCUT2D eigenvalue weighted by Gasteiger charge is 2.16. The van der Waals surface area contributed by atoms with Crippen molar-refractivity contribution < 1.29 is 4.79 Å². The summed E-state index contributed by atoms with van der Waals surface area (Å²) < 4.78 is 0. The van der Waals surface area contributed by atoms with Gasteiger partial charge in [0.25, 0.3) is 5.91 Å². The predicted octanol–water partition coefficient (Wildman–Crippen LogP) is 2.51. The molecule has 20 heavy (non-hydrogen) atoms. The standard InChI is InChI=1S/C15H22ClN3O/c1-11-3-6-19(7-4-11)8-5-17-15(20)13-10-18-12(2)9-14(13)16/h9-11H,3-8H2,1-2H3,(H,17,20). The van der Waals surface area contributed by atoms with Gasteiger partial charge in [-0.05, 0) is 44.8 Å². The first kappa shape index (κ1) is 15.3. The molecular formula is C15H22ClN3O. The Morgan fingerprint density at radius 1 is 1.50 bits per heavy atom. The molecule has 110 valence electrons. The number of amides is 1. The van der Waals surface area contributed by atoms with Crippen molar-refractivity contribution in [2.45, 2.75) is 26.7 Å². The summed E-state index contributed by atoms with van der Waals surface area (Å²) in [6, 6.07) is 1.71. The molecule has 1 aromatic rings. The van der Waals surface area contributed by atoms with Gasteiger partial charge < -0.3 is 10.2 Å². The van der Waals surface area contributed by atoms with Crippen molar-refractivity contribution >= 4 is 17.5 Å². The lowest BCUT2D eigenvalue weighted by molar-refractivity contribution is 0.0944. The first-order valence-electron chi connectivity index (χ1n) is 7.19. The van der Waals surface area contributed by atoms with Crippen LogP contribution in [0.5, 0.6) is 0 Å². The first-order chi connectivity index (χ1) is 9.56. The van der Waals surface area contributed by atoms with Crippen LogP contribution in [-0.4, -0.2) is 42.0 Å². The zero-order valence-electron chi connectivity index (χ0n) is 12.2. The van der Waals surface area contributed by atoms with Gasteiger partial charge in [-0.1, -0.05) is 18.5 Å². The van der Waals surface area contributed by atoms with E-state index >= 15 is 0 Å². The van der Waals surface area contributed by atoms with Gasteiger partial charge in [0.15, 0.2) is 0 Å². The number of likely N-dealkylation sites (tertiary alicyclic amines) is 1. The van der Waals surface area contributed by atoms with Gasteiger partial charge >= 0.3 is 0 Å². The molecule has 1 aliphatic heterocycles. The maximum atomic E-state index is 12.0. The van der Waals surface area contributed by atoms with Gasteiger partial charge in [-0.15, -0.1) is 0 Å². The van der Waals surface area contributed by atoms with E-state index in [4.69, 9.17) is 11.6 Å². The Balaban J connectivity index is 1.77. The highest BCUT2D eigenvalue weighted by molar-refractivity contribution is 6.33. The van der Waals surface area contributed by atoms with Crippen LogP contribution in [0.2, 0.25) is 5.02 Å². The number of aromatic nitrogens is 1. The summed E-state index contributed by atoms with van der Waals surface area (Å²) in [4.78, 5) is 18.5. The maximum Gasteiger partial charge on any atom is 0.254 e. The van der Waals surface area contributed by atoms with Gasteiger partial charge in [-0.3, -0.25) is 9.78 Å². The molecule has 0 atom stereocenters. The Kier molecular flexibility index (Phi) is 5.38. The fraction of sp³-hybridized carbons (Fsp3) is 0.600. The molecule has 1 N–H and O–H groups in total. The Labute approximate surface area is 125 Å². The minimum atomic E-state index is -0.145. The van der Waals surface area contributed by atoms with Crippen LogP contribution in [0.15, 0.2) is 12.3 Å². The number of hydrogen-bond donors (Lipinski definition) is 1. The van der Waals surface area contributed by atoms with E-state index in [1.165, 1.54) is 19.0 Å².